The summed E-state index contributed by atoms with van der Waals surface area (Å²) in [7, 11) is 1.63. The number of amides is 2. The lowest BCUT2D eigenvalue weighted by Crippen LogP contribution is -2.36. The standard InChI is InChI=1S/C26H24N2O6/c1-17(24(29)27-15-18-12-13-22-23(14-18)33-16-32-22)34-26(31)21-11-7-6-10-20(21)25(30)28(2)19-8-4-3-5-9-19/h3-14,17H,15-16H2,1-2H3,(H,27,29)/t17-/m1/s1. The van der Waals surface area contributed by atoms with Crippen LogP contribution in [0.3, 0.4) is 0 Å². The van der Waals surface area contributed by atoms with E-state index in [-0.39, 0.29) is 30.4 Å². The predicted molar refractivity (Wildman–Crippen MR) is 125 cm³/mol. The first-order valence-corrected chi connectivity index (χ1v) is 10.7. The number of nitrogens with zero attached hydrogens (tertiary/aromatic N) is 1. The predicted octanol–water partition coefficient (Wildman–Crippen LogP) is 3.55. The molecular weight excluding hydrogens is 436 g/mol. The van der Waals surface area contributed by atoms with Crippen molar-refractivity contribution in [3.8, 4) is 11.5 Å². The van der Waals surface area contributed by atoms with E-state index in [1.807, 2.05) is 24.3 Å². The van der Waals surface area contributed by atoms with Crippen LogP contribution >= 0.6 is 0 Å². The van der Waals surface area contributed by atoms with Gasteiger partial charge in [-0.25, -0.2) is 4.79 Å². The molecule has 174 valence electrons. The van der Waals surface area contributed by atoms with Crippen LogP contribution in [0.25, 0.3) is 0 Å². The van der Waals surface area contributed by atoms with Crippen LogP contribution in [0.4, 0.5) is 5.69 Å². The van der Waals surface area contributed by atoms with Gasteiger partial charge >= 0.3 is 5.97 Å². The SMILES string of the molecule is C[C@@H](OC(=O)c1ccccc1C(=O)N(C)c1ccccc1)C(=O)NCc1ccc2c(c1)OCO2. The number of anilines is 1. The van der Waals surface area contributed by atoms with Crippen LogP contribution in [0.2, 0.25) is 0 Å². The molecule has 0 saturated heterocycles. The summed E-state index contributed by atoms with van der Waals surface area (Å²) in [6.45, 7) is 1.88. The van der Waals surface area contributed by atoms with Gasteiger partial charge in [-0.3, -0.25) is 9.59 Å². The molecule has 34 heavy (non-hydrogen) atoms. The number of carbonyl (C=O) groups excluding carboxylic acids is 3. The highest BCUT2D eigenvalue weighted by Crippen LogP contribution is 2.32. The molecule has 0 unspecified atom stereocenters. The molecule has 4 rings (SSSR count). The van der Waals surface area contributed by atoms with Crippen molar-refractivity contribution in [1.82, 2.24) is 5.32 Å². The van der Waals surface area contributed by atoms with Gasteiger partial charge in [0.25, 0.3) is 11.8 Å². The highest BCUT2D eigenvalue weighted by molar-refractivity contribution is 6.12. The third-order valence-corrected chi connectivity index (χ3v) is 5.38. The first-order valence-electron chi connectivity index (χ1n) is 10.7. The van der Waals surface area contributed by atoms with Crippen LogP contribution in [-0.2, 0) is 16.1 Å². The van der Waals surface area contributed by atoms with Gasteiger partial charge in [0.05, 0.1) is 11.1 Å². The van der Waals surface area contributed by atoms with Gasteiger partial charge in [0.2, 0.25) is 6.79 Å². The molecule has 3 aromatic carbocycles. The Bertz CT molecular complexity index is 1210. The van der Waals surface area contributed by atoms with E-state index in [4.69, 9.17) is 14.2 Å². The van der Waals surface area contributed by atoms with E-state index < -0.39 is 18.0 Å². The van der Waals surface area contributed by atoms with Gasteiger partial charge in [-0.15, -0.1) is 0 Å². The summed E-state index contributed by atoms with van der Waals surface area (Å²) >= 11 is 0. The number of benzene rings is 3. The normalized spacial score (nSPS) is 12.5. The van der Waals surface area contributed by atoms with Crippen molar-refractivity contribution in [3.63, 3.8) is 0 Å². The van der Waals surface area contributed by atoms with Crippen LogP contribution in [-0.4, -0.2) is 37.7 Å². The topological polar surface area (TPSA) is 94.2 Å². The lowest BCUT2D eigenvalue weighted by molar-refractivity contribution is -0.129. The molecule has 1 aliphatic heterocycles. The minimum Gasteiger partial charge on any atom is -0.454 e. The van der Waals surface area contributed by atoms with Crippen LogP contribution < -0.4 is 19.7 Å². The molecule has 1 heterocycles. The molecule has 0 spiro atoms. The molecule has 1 atom stereocenters. The number of hydrogen-bond acceptors (Lipinski definition) is 6. The quantitative estimate of drug-likeness (QED) is 0.542. The summed E-state index contributed by atoms with van der Waals surface area (Å²) in [6.07, 6.45) is -1.06. The number of nitrogens with one attached hydrogen (secondary N) is 1. The summed E-state index contributed by atoms with van der Waals surface area (Å²) < 4.78 is 16.0. The lowest BCUT2D eigenvalue weighted by atomic mass is 10.1. The minimum absolute atomic E-state index is 0.0886. The largest absolute Gasteiger partial charge is 0.454 e. The zero-order chi connectivity index (χ0) is 24.1. The van der Waals surface area contributed by atoms with Crippen molar-refractivity contribution in [2.75, 3.05) is 18.7 Å². The Morgan fingerprint density at radius 3 is 2.38 bits per heavy atom. The van der Waals surface area contributed by atoms with E-state index in [2.05, 4.69) is 5.32 Å². The van der Waals surface area contributed by atoms with E-state index in [0.717, 1.165) is 5.56 Å². The molecule has 1 aliphatic rings. The van der Waals surface area contributed by atoms with E-state index in [1.54, 1.807) is 49.5 Å². The second-order valence-corrected chi connectivity index (χ2v) is 7.70. The fourth-order valence-corrected chi connectivity index (χ4v) is 3.46. The molecular formula is C26H24N2O6. The van der Waals surface area contributed by atoms with Gasteiger partial charge in [0, 0.05) is 19.3 Å². The van der Waals surface area contributed by atoms with Crippen molar-refractivity contribution in [2.24, 2.45) is 0 Å². The zero-order valence-electron chi connectivity index (χ0n) is 18.8. The number of para-hydroxylation sites is 1. The molecule has 0 bridgehead atoms. The van der Waals surface area contributed by atoms with Crippen LogP contribution in [0.5, 0.6) is 11.5 Å². The number of ether oxygens (including phenoxy) is 3. The van der Waals surface area contributed by atoms with Crippen LogP contribution in [0.1, 0.15) is 33.2 Å². The van der Waals surface area contributed by atoms with Crippen molar-refractivity contribution >= 4 is 23.5 Å². The van der Waals surface area contributed by atoms with Gasteiger partial charge in [0.1, 0.15) is 0 Å². The molecule has 8 heteroatoms. The summed E-state index contributed by atoms with van der Waals surface area (Å²) in [6, 6.07) is 20.8. The maximum absolute atomic E-state index is 13.0. The van der Waals surface area contributed by atoms with Gasteiger partial charge in [-0.1, -0.05) is 36.4 Å². The Morgan fingerprint density at radius 1 is 0.941 bits per heavy atom. The number of rotatable bonds is 7. The fraction of sp³-hybridized carbons (Fsp3) is 0.192. The van der Waals surface area contributed by atoms with Crippen LogP contribution in [0, 0.1) is 0 Å². The summed E-state index contributed by atoms with van der Waals surface area (Å²) in [4.78, 5) is 39.9. The number of hydrogen-bond donors (Lipinski definition) is 1. The Labute approximate surface area is 197 Å². The van der Waals surface area contributed by atoms with Crippen molar-refractivity contribution in [2.45, 2.75) is 19.6 Å². The molecule has 2 amide bonds. The summed E-state index contributed by atoms with van der Waals surface area (Å²) in [5.41, 5.74) is 1.78. The van der Waals surface area contributed by atoms with Crippen molar-refractivity contribution in [3.05, 3.63) is 89.5 Å². The van der Waals surface area contributed by atoms with E-state index in [1.165, 1.54) is 17.9 Å². The fourth-order valence-electron chi connectivity index (χ4n) is 3.46. The van der Waals surface area contributed by atoms with Gasteiger partial charge in [-0.2, -0.15) is 0 Å². The molecule has 8 nitrogen and oxygen atoms in total. The zero-order valence-corrected chi connectivity index (χ0v) is 18.8. The highest BCUT2D eigenvalue weighted by atomic mass is 16.7. The second-order valence-electron chi connectivity index (χ2n) is 7.70. The summed E-state index contributed by atoms with van der Waals surface area (Å²) in [5.74, 6) is -0.303. The number of esters is 1. The molecule has 1 N–H and O–H groups in total. The Morgan fingerprint density at radius 2 is 1.62 bits per heavy atom. The Kier molecular flexibility index (Phi) is 6.77. The van der Waals surface area contributed by atoms with Crippen molar-refractivity contribution in [1.29, 1.82) is 0 Å². The van der Waals surface area contributed by atoms with Gasteiger partial charge in [0.15, 0.2) is 17.6 Å². The lowest BCUT2D eigenvalue weighted by Gasteiger charge is -2.19. The van der Waals surface area contributed by atoms with E-state index in [9.17, 15) is 14.4 Å². The third-order valence-electron chi connectivity index (χ3n) is 5.38. The third kappa shape index (κ3) is 5.01. The van der Waals surface area contributed by atoms with Gasteiger partial charge in [-0.05, 0) is 48.9 Å². The van der Waals surface area contributed by atoms with E-state index in [0.29, 0.717) is 17.2 Å². The first kappa shape index (κ1) is 22.8. The van der Waals surface area contributed by atoms with Crippen molar-refractivity contribution < 1.29 is 28.6 Å². The van der Waals surface area contributed by atoms with E-state index >= 15 is 0 Å². The second kappa shape index (κ2) is 10.1. The molecule has 0 radical (unpaired) electrons. The summed E-state index contributed by atoms with van der Waals surface area (Å²) in [5, 5.41) is 2.74. The smallest absolute Gasteiger partial charge is 0.339 e. The first-order chi connectivity index (χ1) is 16.4. The molecule has 0 aliphatic carbocycles. The monoisotopic (exact) mass is 460 g/mol. The molecule has 0 aromatic heterocycles. The van der Waals surface area contributed by atoms with Gasteiger partial charge < -0.3 is 24.4 Å². The number of carbonyl (C=O) groups is 3. The Balaban J connectivity index is 1.39. The molecule has 3 aromatic rings. The van der Waals surface area contributed by atoms with Crippen LogP contribution in [0.15, 0.2) is 72.8 Å². The Hall–Kier alpha value is -4.33. The molecule has 0 fully saturated rings. The highest BCUT2D eigenvalue weighted by Gasteiger charge is 2.25. The number of fused-ring (bicyclic) bond motifs is 1. The maximum Gasteiger partial charge on any atom is 0.339 e. The molecule has 0 saturated carbocycles. The average molecular weight is 460 g/mol. The maximum atomic E-state index is 13.0. The minimum atomic E-state index is -1.06. The average Bonchev–Trinajstić information content (AvgIpc) is 3.34.